The second-order valence-corrected chi connectivity index (χ2v) is 9.86. The normalized spacial score (nSPS) is 21.2. The molecule has 0 amide bonds. The number of hydrogen-bond donors (Lipinski definition) is 0. The third kappa shape index (κ3) is 3.32. The van der Waals surface area contributed by atoms with Crippen molar-refractivity contribution in [3.05, 3.63) is 28.3 Å². The van der Waals surface area contributed by atoms with Gasteiger partial charge >= 0.3 is 0 Å². The van der Waals surface area contributed by atoms with Gasteiger partial charge in [-0.1, -0.05) is 17.7 Å². The van der Waals surface area contributed by atoms with Gasteiger partial charge in [0.25, 0.3) is 0 Å². The molecule has 1 aromatic rings. The molecule has 2 rings (SSSR count). The average molecular weight is 352 g/mol. The van der Waals surface area contributed by atoms with Crippen LogP contribution in [0.4, 0.5) is 5.69 Å². The SMILES string of the molecule is CC[N+](C)(C)C1CC(C)(C)N(c2c(Cl)ccc(C)c2C)C(C)(C)C1. The quantitative estimate of drug-likeness (QED) is 0.642. The van der Waals surface area contributed by atoms with Gasteiger partial charge in [-0.2, -0.15) is 0 Å². The smallest absolute Gasteiger partial charge is 0.0931 e. The number of quaternary nitrogens is 1. The highest BCUT2D eigenvalue weighted by atomic mass is 35.5. The summed E-state index contributed by atoms with van der Waals surface area (Å²) in [7, 11) is 4.74. The number of rotatable bonds is 3. The fourth-order valence-electron chi connectivity index (χ4n) is 4.63. The minimum absolute atomic E-state index is 0.0687. The van der Waals surface area contributed by atoms with E-state index in [0.29, 0.717) is 6.04 Å². The zero-order chi connectivity index (χ0) is 18.5. The Morgan fingerprint density at radius 1 is 1.08 bits per heavy atom. The molecule has 0 saturated carbocycles. The van der Waals surface area contributed by atoms with Crippen LogP contribution in [0.3, 0.4) is 0 Å². The Morgan fingerprint density at radius 2 is 1.58 bits per heavy atom. The van der Waals surface area contributed by atoms with Crippen LogP contribution in [0.25, 0.3) is 0 Å². The van der Waals surface area contributed by atoms with E-state index in [4.69, 9.17) is 11.6 Å². The number of benzene rings is 1. The monoisotopic (exact) mass is 351 g/mol. The van der Waals surface area contributed by atoms with E-state index in [2.05, 4.69) is 79.6 Å². The van der Waals surface area contributed by atoms with Crippen molar-refractivity contribution in [1.82, 2.24) is 0 Å². The van der Waals surface area contributed by atoms with Gasteiger partial charge in [-0.05, 0) is 65.7 Å². The predicted molar refractivity (Wildman–Crippen MR) is 107 cm³/mol. The second kappa shape index (κ2) is 6.21. The maximum atomic E-state index is 6.70. The van der Waals surface area contributed by atoms with Crippen molar-refractivity contribution < 1.29 is 4.48 Å². The Kier molecular flexibility index (Phi) is 5.07. The van der Waals surface area contributed by atoms with E-state index in [1.165, 1.54) is 36.2 Å². The van der Waals surface area contributed by atoms with Crippen LogP contribution in [0, 0.1) is 13.8 Å². The van der Waals surface area contributed by atoms with Crippen molar-refractivity contribution >= 4 is 17.3 Å². The van der Waals surface area contributed by atoms with Gasteiger partial charge in [0.2, 0.25) is 0 Å². The molecule has 1 fully saturated rings. The lowest BCUT2D eigenvalue weighted by Gasteiger charge is -2.59. The van der Waals surface area contributed by atoms with E-state index >= 15 is 0 Å². The van der Waals surface area contributed by atoms with Crippen molar-refractivity contribution in [3.8, 4) is 0 Å². The van der Waals surface area contributed by atoms with Crippen LogP contribution in [0.1, 0.15) is 58.6 Å². The molecule has 0 N–H and O–H groups in total. The van der Waals surface area contributed by atoms with Crippen molar-refractivity contribution in [1.29, 1.82) is 0 Å². The van der Waals surface area contributed by atoms with E-state index in [0.717, 1.165) is 9.51 Å². The maximum Gasteiger partial charge on any atom is 0.0931 e. The summed E-state index contributed by atoms with van der Waals surface area (Å²) in [5, 5.41) is 0.877. The summed E-state index contributed by atoms with van der Waals surface area (Å²) in [6.45, 7) is 17.4. The summed E-state index contributed by atoms with van der Waals surface area (Å²) in [4.78, 5) is 2.61. The Hall–Kier alpha value is -0.730. The summed E-state index contributed by atoms with van der Waals surface area (Å²) < 4.78 is 1.08. The molecule has 24 heavy (non-hydrogen) atoms. The van der Waals surface area contributed by atoms with Crippen molar-refractivity contribution in [2.45, 2.75) is 78.4 Å². The third-order valence-electron chi connectivity index (χ3n) is 6.36. The first-order chi connectivity index (χ1) is 10.8. The minimum Gasteiger partial charge on any atom is -0.359 e. The number of anilines is 1. The molecular weight excluding hydrogens is 316 g/mol. The van der Waals surface area contributed by atoms with Gasteiger partial charge in [0.1, 0.15) is 0 Å². The molecule has 3 heteroatoms. The zero-order valence-electron chi connectivity index (χ0n) is 17.1. The molecule has 0 radical (unpaired) electrons. The van der Waals surface area contributed by atoms with Crippen LogP contribution in [-0.2, 0) is 0 Å². The molecule has 0 atom stereocenters. The number of nitrogens with zero attached hydrogens (tertiary/aromatic N) is 2. The lowest BCUT2D eigenvalue weighted by Crippen LogP contribution is -2.67. The molecule has 0 aromatic heterocycles. The first-order valence-corrected chi connectivity index (χ1v) is 9.60. The van der Waals surface area contributed by atoms with E-state index in [1.54, 1.807) is 0 Å². The van der Waals surface area contributed by atoms with Crippen LogP contribution in [0.2, 0.25) is 5.02 Å². The molecule has 0 aliphatic carbocycles. The third-order valence-corrected chi connectivity index (χ3v) is 6.67. The highest BCUT2D eigenvalue weighted by Crippen LogP contribution is 2.47. The lowest BCUT2D eigenvalue weighted by atomic mass is 9.75. The Morgan fingerprint density at radius 3 is 2.04 bits per heavy atom. The van der Waals surface area contributed by atoms with Crippen LogP contribution >= 0.6 is 11.6 Å². The van der Waals surface area contributed by atoms with E-state index < -0.39 is 0 Å². The number of aryl methyl sites for hydroxylation is 1. The lowest BCUT2D eigenvalue weighted by molar-refractivity contribution is -0.915. The van der Waals surface area contributed by atoms with Gasteiger partial charge in [-0.25, -0.2) is 0 Å². The fraction of sp³-hybridized carbons (Fsp3) is 0.714. The van der Waals surface area contributed by atoms with E-state index in [-0.39, 0.29) is 11.1 Å². The zero-order valence-corrected chi connectivity index (χ0v) is 17.9. The van der Waals surface area contributed by atoms with Gasteiger partial charge in [0.05, 0.1) is 37.4 Å². The first kappa shape index (κ1) is 19.6. The molecule has 136 valence electrons. The average Bonchev–Trinajstić information content (AvgIpc) is 2.44. The highest BCUT2D eigenvalue weighted by Gasteiger charge is 2.50. The first-order valence-electron chi connectivity index (χ1n) is 9.22. The maximum absolute atomic E-state index is 6.70. The predicted octanol–water partition coefficient (Wildman–Crippen LogP) is 5.58. The molecule has 0 bridgehead atoms. The number of piperidine rings is 1. The summed E-state index contributed by atoms with van der Waals surface area (Å²) in [5.41, 5.74) is 3.99. The second-order valence-electron chi connectivity index (χ2n) is 9.46. The number of halogens is 1. The largest absolute Gasteiger partial charge is 0.359 e. The molecule has 1 aliphatic heterocycles. The molecular formula is C21H36ClN2+. The highest BCUT2D eigenvalue weighted by molar-refractivity contribution is 6.33. The molecule has 2 nitrogen and oxygen atoms in total. The minimum atomic E-state index is 0.0687. The Bertz CT molecular complexity index is 599. The number of hydrogen-bond acceptors (Lipinski definition) is 1. The molecule has 1 aromatic carbocycles. The fourth-order valence-corrected chi connectivity index (χ4v) is 4.92. The summed E-state index contributed by atoms with van der Waals surface area (Å²) in [5.74, 6) is 0. The van der Waals surface area contributed by atoms with E-state index in [1.807, 2.05) is 0 Å². The van der Waals surface area contributed by atoms with Crippen LogP contribution in [0.5, 0.6) is 0 Å². The van der Waals surface area contributed by atoms with Gasteiger partial charge < -0.3 is 9.38 Å². The summed E-state index contributed by atoms with van der Waals surface area (Å²) >= 11 is 6.70. The summed E-state index contributed by atoms with van der Waals surface area (Å²) in [6, 6.07) is 4.86. The molecule has 1 heterocycles. The molecule has 1 saturated heterocycles. The van der Waals surface area contributed by atoms with E-state index in [9.17, 15) is 0 Å². The summed E-state index contributed by atoms with van der Waals surface area (Å²) in [6.07, 6.45) is 2.36. The molecule has 0 spiro atoms. The van der Waals surface area contributed by atoms with Gasteiger partial charge in [0, 0.05) is 23.9 Å². The van der Waals surface area contributed by atoms with Crippen LogP contribution < -0.4 is 4.90 Å². The Balaban J connectivity index is 2.55. The standard InChI is InChI=1S/C21H36ClN2/c1-10-24(8,9)17-13-20(4,5)23(21(6,7)14-17)19-16(3)15(2)11-12-18(19)22/h11-12,17H,10,13-14H2,1-9H3/q+1. The topological polar surface area (TPSA) is 3.24 Å². The van der Waals surface area contributed by atoms with Crippen LogP contribution in [0.15, 0.2) is 12.1 Å². The van der Waals surface area contributed by atoms with Gasteiger partial charge in [-0.15, -0.1) is 0 Å². The van der Waals surface area contributed by atoms with Crippen molar-refractivity contribution in [2.75, 3.05) is 25.5 Å². The Labute approximate surface area is 154 Å². The molecule has 0 unspecified atom stereocenters. The molecule has 1 aliphatic rings. The van der Waals surface area contributed by atoms with Gasteiger partial charge in [0.15, 0.2) is 0 Å². The van der Waals surface area contributed by atoms with Crippen molar-refractivity contribution in [2.24, 2.45) is 0 Å². The van der Waals surface area contributed by atoms with Crippen molar-refractivity contribution in [3.63, 3.8) is 0 Å². The van der Waals surface area contributed by atoms with Crippen LogP contribution in [-0.4, -0.2) is 42.2 Å². The van der Waals surface area contributed by atoms with Gasteiger partial charge in [-0.3, -0.25) is 0 Å².